The molecule has 0 amide bonds. The number of halogens is 2. The van der Waals surface area contributed by atoms with Crippen molar-refractivity contribution in [3.63, 3.8) is 0 Å². The van der Waals surface area contributed by atoms with E-state index in [4.69, 9.17) is 0 Å². The Morgan fingerprint density at radius 1 is 0.600 bits per heavy atom. The van der Waals surface area contributed by atoms with Gasteiger partial charge in [-0.15, -0.1) is 0 Å². The normalized spacial score (nSPS) is 48.9. The first-order valence-electron chi connectivity index (χ1n) is 9.94. The molecule has 4 aliphatic carbocycles. The standard InChI is InChI=1S/2C9H11.C4H8.2ClH.Zr/c2*1-2-5-9-7-3-6-8(9)4-1;1-3-4-2;;;/h2*1-2,4-6,8-9H,3,7H2;3-4H,1-2H3;2*1H;/q;;;;;+2/p-2. The van der Waals surface area contributed by atoms with Crippen molar-refractivity contribution < 1.29 is 45.1 Å². The Morgan fingerprint density at radius 3 is 1.40 bits per heavy atom. The molecule has 2 saturated carbocycles. The summed E-state index contributed by atoms with van der Waals surface area (Å²) in [5.74, 6) is 3.62. The summed E-state index contributed by atoms with van der Waals surface area (Å²) in [5, 5.41) is 0. The van der Waals surface area contributed by atoms with Gasteiger partial charge in [-0.2, -0.15) is 0 Å². The molecule has 0 aromatic carbocycles. The minimum Gasteiger partial charge on any atom is -1.00 e. The van der Waals surface area contributed by atoms with E-state index in [0.29, 0.717) is 0 Å². The molecule has 3 heteroatoms. The van der Waals surface area contributed by atoms with Crippen LogP contribution in [0.1, 0.15) is 39.5 Å². The minimum absolute atomic E-state index is 0. The molecule has 8 unspecified atom stereocenters. The van der Waals surface area contributed by atoms with Crippen molar-refractivity contribution in [2.45, 2.75) is 54.0 Å². The molecule has 0 nitrogen and oxygen atoms in total. The Kier molecular flexibility index (Phi) is 6.01. The molecular formula is C22H30Cl2Zr. The SMILES string of the molecule is C[CH]1[CH](C)[Zr+2]1([CH]1CCC2C=CC=CC21)[CH]1CCC2C=CC=CC21.[Cl-].[Cl-]. The van der Waals surface area contributed by atoms with Crippen LogP contribution >= 0.6 is 0 Å². The van der Waals surface area contributed by atoms with Crippen molar-refractivity contribution in [2.75, 3.05) is 0 Å². The van der Waals surface area contributed by atoms with E-state index in [1.807, 2.05) is 0 Å². The van der Waals surface area contributed by atoms with Crippen LogP contribution in [-0.2, 0) is 20.3 Å². The van der Waals surface area contributed by atoms with Crippen molar-refractivity contribution in [2.24, 2.45) is 23.7 Å². The molecule has 8 atom stereocenters. The summed E-state index contributed by atoms with van der Waals surface area (Å²) in [7, 11) is 0. The zero-order chi connectivity index (χ0) is 15.6. The van der Waals surface area contributed by atoms with Gasteiger partial charge >= 0.3 is 147 Å². The van der Waals surface area contributed by atoms with Gasteiger partial charge in [0.15, 0.2) is 0 Å². The minimum atomic E-state index is -2.11. The predicted molar refractivity (Wildman–Crippen MR) is 95.3 cm³/mol. The molecule has 0 radical (unpaired) electrons. The third-order valence-corrected chi connectivity index (χ3v) is 27.5. The number of rotatable bonds is 2. The van der Waals surface area contributed by atoms with Gasteiger partial charge in [0.1, 0.15) is 0 Å². The smallest absolute Gasteiger partial charge is 1.00 e. The molecular weight excluding hydrogens is 426 g/mol. The van der Waals surface area contributed by atoms with Gasteiger partial charge in [0.2, 0.25) is 0 Å². The van der Waals surface area contributed by atoms with Crippen LogP contribution in [-0.4, -0.2) is 0 Å². The van der Waals surface area contributed by atoms with Crippen LogP contribution in [0.15, 0.2) is 48.6 Å². The van der Waals surface area contributed by atoms with Crippen molar-refractivity contribution in [1.29, 1.82) is 0 Å². The Labute approximate surface area is 170 Å². The van der Waals surface area contributed by atoms with Crippen LogP contribution in [0.4, 0.5) is 0 Å². The number of allylic oxidation sites excluding steroid dienone is 8. The zero-order valence-electron chi connectivity index (χ0n) is 15.3. The number of hydrogen-bond donors (Lipinski definition) is 0. The first-order chi connectivity index (χ1) is 11.2. The van der Waals surface area contributed by atoms with Crippen molar-refractivity contribution in [3.8, 4) is 0 Å². The Morgan fingerprint density at radius 2 is 1.00 bits per heavy atom. The quantitative estimate of drug-likeness (QED) is 0.573. The van der Waals surface area contributed by atoms with E-state index >= 15 is 0 Å². The van der Waals surface area contributed by atoms with E-state index in [0.717, 1.165) is 38.2 Å². The summed E-state index contributed by atoms with van der Waals surface area (Å²) < 4.78 is 4.55. The molecule has 0 N–H and O–H groups in total. The van der Waals surface area contributed by atoms with Crippen molar-refractivity contribution >= 4 is 0 Å². The maximum absolute atomic E-state index is 2.66. The molecule has 25 heavy (non-hydrogen) atoms. The van der Waals surface area contributed by atoms with Crippen LogP contribution in [0.5, 0.6) is 0 Å². The summed E-state index contributed by atoms with van der Waals surface area (Å²) in [6, 6.07) is 0. The van der Waals surface area contributed by atoms with E-state index in [9.17, 15) is 0 Å². The fourth-order valence-electron chi connectivity index (χ4n) is 7.54. The van der Waals surface area contributed by atoms with Crippen LogP contribution in [0, 0.1) is 23.7 Å². The van der Waals surface area contributed by atoms with E-state index in [1.165, 1.54) is 12.8 Å². The maximum atomic E-state index is 2.66. The Balaban J connectivity index is 0.000000911. The topological polar surface area (TPSA) is 0 Å². The largest absolute Gasteiger partial charge is 1.00 e. The molecule has 1 saturated heterocycles. The molecule has 5 aliphatic rings. The molecule has 1 aliphatic heterocycles. The first-order valence-corrected chi connectivity index (χ1v) is 15.6. The maximum Gasteiger partial charge on any atom is -1.00 e. The molecule has 5 rings (SSSR count). The van der Waals surface area contributed by atoms with Crippen molar-refractivity contribution in [1.82, 2.24) is 0 Å². The summed E-state index contributed by atoms with van der Waals surface area (Å²) >= 11 is -2.11. The van der Waals surface area contributed by atoms with Gasteiger partial charge in [-0.3, -0.25) is 0 Å². The number of fused-ring (bicyclic) bond motifs is 2. The average Bonchev–Trinajstić information content (AvgIpc) is 2.99. The van der Waals surface area contributed by atoms with Crippen LogP contribution in [0.25, 0.3) is 0 Å². The van der Waals surface area contributed by atoms with Gasteiger partial charge in [0.25, 0.3) is 0 Å². The van der Waals surface area contributed by atoms with Gasteiger partial charge in [-0.25, -0.2) is 0 Å². The fourth-order valence-corrected chi connectivity index (χ4v) is 30.8. The van der Waals surface area contributed by atoms with E-state index in [2.05, 4.69) is 62.5 Å². The van der Waals surface area contributed by atoms with E-state index in [-0.39, 0.29) is 24.8 Å². The Bertz CT molecular complexity index is 566. The number of hydrogen-bond acceptors (Lipinski definition) is 0. The van der Waals surface area contributed by atoms with Crippen molar-refractivity contribution in [3.05, 3.63) is 48.6 Å². The zero-order valence-corrected chi connectivity index (χ0v) is 19.3. The summed E-state index contributed by atoms with van der Waals surface area (Å²) in [5.41, 5.74) is 0. The summed E-state index contributed by atoms with van der Waals surface area (Å²) in [4.78, 5) is 0. The molecule has 0 aromatic heterocycles. The second-order valence-electron chi connectivity index (χ2n) is 8.97. The molecule has 3 fully saturated rings. The molecule has 0 aromatic rings. The molecule has 136 valence electrons. The summed E-state index contributed by atoms with van der Waals surface area (Å²) in [6.07, 6.45) is 25.7. The second kappa shape index (κ2) is 7.45. The molecule has 0 spiro atoms. The molecule has 0 bridgehead atoms. The average molecular weight is 457 g/mol. The van der Waals surface area contributed by atoms with Crippen LogP contribution < -0.4 is 24.8 Å². The molecule has 1 heterocycles. The van der Waals surface area contributed by atoms with Crippen LogP contribution in [0.3, 0.4) is 0 Å². The second-order valence-corrected chi connectivity index (χ2v) is 22.0. The van der Waals surface area contributed by atoms with Gasteiger partial charge in [-0.1, -0.05) is 0 Å². The summed E-state index contributed by atoms with van der Waals surface area (Å²) in [6.45, 7) is 5.32. The Hall–Kier alpha value is 0.423. The van der Waals surface area contributed by atoms with Gasteiger partial charge in [0.05, 0.1) is 0 Å². The third-order valence-electron chi connectivity index (χ3n) is 8.65. The van der Waals surface area contributed by atoms with Crippen LogP contribution in [0.2, 0.25) is 14.5 Å². The first kappa shape index (κ1) is 20.2. The monoisotopic (exact) mass is 454 g/mol. The van der Waals surface area contributed by atoms with Gasteiger partial charge in [-0.05, 0) is 0 Å². The van der Waals surface area contributed by atoms with E-state index < -0.39 is 20.3 Å². The van der Waals surface area contributed by atoms with E-state index in [1.54, 1.807) is 12.8 Å². The third kappa shape index (κ3) is 2.78. The fraction of sp³-hybridized carbons (Fsp3) is 0.636. The van der Waals surface area contributed by atoms with Gasteiger partial charge < -0.3 is 24.8 Å². The van der Waals surface area contributed by atoms with Gasteiger partial charge in [0, 0.05) is 0 Å². The predicted octanol–water partition coefficient (Wildman–Crippen LogP) is 0.660.